The number of Topliss-reactive ketones (excluding diaryl/α,β-unsaturated/α-hetero) is 2. The molecule has 0 aliphatic heterocycles. The molecule has 0 bridgehead atoms. The Balaban J connectivity index is 2.72. The van der Waals surface area contributed by atoms with Crippen molar-refractivity contribution >= 4 is 11.6 Å². The van der Waals surface area contributed by atoms with Crippen LogP contribution in [0.2, 0.25) is 0 Å². The first-order valence-corrected chi connectivity index (χ1v) is 5.71. The van der Waals surface area contributed by atoms with Crippen molar-refractivity contribution in [1.82, 2.24) is 5.32 Å². The van der Waals surface area contributed by atoms with Crippen LogP contribution in [0.25, 0.3) is 0 Å². The predicted octanol–water partition coefficient (Wildman–Crippen LogP) is 1.96. The van der Waals surface area contributed by atoms with Crippen molar-refractivity contribution in [2.24, 2.45) is 0 Å². The first-order chi connectivity index (χ1) is 9.34. The van der Waals surface area contributed by atoms with Crippen LogP contribution in [0, 0.1) is 11.8 Å². The fourth-order valence-corrected chi connectivity index (χ4v) is 1.32. The molecule has 3 nitrogen and oxygen atoms in total. The summed E-state index contributed by atoms with van der Waals surface area (Å²) >= 11 is 0. The zero-order chi connectivity index (χ0) is 15.2. The summed E-state index contributed by atoms with van der Waals surface area (Å²) in [5, 5.41) is 2.83. The maximum absolute atomic E-state index is 12.0. The number of nitrogens with one attached hydrogen (secondary N) is 1. The van der Waals surface area contributed by atoms with E-state index in [1.54, 1.807) is 7.05 Å². The predicted molar refractivity (Wildman–Crippen MR) is 67.3 cm³/mol. The lowest BCUT2D eigenvalue weighted by molar-refractivity contribution is -0.170. The number of rotatable bonds is 4. The number of alkyl halides is 3. The second-order valence-electron chi connectivity index (χ2n) is 3.93. The molecule has 0 aliphatic carbocycles. The van der Waals surface area contributed by atoms with E-state index in [2.05, 4.69) is 17.2 Å². The van der Waals surface area contributed by atoms with Gasteiger partial charge in [-0.1, -0.05) is 24.0 Å². The number of carbonyl (C=O) groups is 2. The zero-order valence-corrected chi connectivity index (χ0v) is 10.7. The number of hydrogen-bond donors (Lipinski definition) is 1. The van der Waals surface area contributed by atoms with Gasteiger partial charge in [-0.2, -0.15) is 13.2 Å². The fourth-order valence-electron chi connectivity index (χ4n) is 1.32. The lowest BCUT2D eigenvalue weighted by Crippen LogP contribution is -2.25. The van der Waals surface area contributed by atoms with Crippen LogP contribution in [0.1, 0.15) is 22.3 Å². The maximum atomic E-state index is 12.0. The Morgan fingerprint density at radius 2 is 1.80 bits per heavy atom. The van der Waals surface area contributed by atoms with E-state index in [0.717, 1.165) is 0 Å². The maximum Gasteiger partial charge on any atom is 0.450 e. The van der Waals surface area contributed by atoms with E-state index in [-0.39, 0.29) is 5.56 Å². The van der Waals surface area contributed by atoms with Gasteiger partial charge in [0.15, 0.2) is 5.78 Å². The third kappa shape index (κ3) is 4.86. The van der Waals surface area contributed by atoms with Gasteiger partial charge in [0.25, 0.3) is 0 Å². The van der Waals surface area contributed by atoms with E-state index >= 15 is 0 Å². The molecule has 1 rings (SSSR count). The van der Waals surface area contributed by atoms with E-state index in [0.29, 0.717) is 12.1 Å². The van der Waals surface area contributed by atoms with Gasteiger partial charge in [0.05, 0.1) is 13.0 Å². The number of ketones is 2. The first-order valence-electron chi connectivity index (χ1n) is 5.71. The Morgan fingerprint density at radius 1 is 1.20 bits per heavy atom. The number of hydrogen-bond acceptors (Lipinski definition) is 3. The minimum absolute atomic E-state index is 0.0572. The molecule has 1 N–H and O–H groups in total. The van der Waals surface area contributed by atoms with Crippen molar-refractivity contribution in [3.8, 4) is 11.8 Å². The second-order valence-corrected chi connectivity index (χ2v) is 3.93. The first kappa shape index (κ1) is 15.9. The molecule has 1 aromatic carbocycles. The van der Waals surface area contributed by atoms with Crippen molar-refractivity contribution in [1.29, 1.82) is 0 Å². The topological polar surface area (TPSA) is 46.2 Å². The summed E-state index contributed by atoms with van der Waals surface area (Å²) in [7, 11) is 1.74. The summed E-state index contributed by atoms with van der Waals surface area (Å²) in [6.45, 7) is 0.501. The van der Waals surface area contributed by atoms with E-state index in [9.17, 15) is 22.8 Å². The SMILES string of the molecule is CNCC#Cc1ccc(C(=O)CC(=O)C(F)(F)F)cc1. The number of halogens is 3. The van der Waals surface area contributed by atoms with Crippen LogP contribution >= 0.6 is 0 Å². The van der Waals surface area contributed by atoms with Crippen molar-refractivity contribution in [3.05, 3.63) is 35.4 Å². The fraction of sp³-hybridized carbons (Fsp3) is 0.286. The lowest BCUT2D eigenvalue weighted by Gasteiger charge is -2.04. The third-order valence-electron chi connectivity index (χ3n) is 2.34. The Morgan fingerprint density at radius 3 is 2.30 bits per heavy atom. The average Bonchev–Trinajstić information content (AvgIpc) is 2.38. The van der Waals surface area contributed by atoms with Crippen molar-refractivity contribution in [2.45, 2.75) is 12.6 Å². The van der Waals surface area contributed by atoms with Crippen LogP contribution in [-0.4, -0.2) is 31.3 Å². The van der Waals surface area contributed by atoms with Crippen LogP contribution in [0.15, 0.2) is 24.3 Å². The van der Waals surface area contributed by atoms with Crippen LogP contribution in [0.3, 0.4) is 0 Å². The Labute approximate surface area is 114 Å². The molecule has 0 heterocycles. The van der Waals surface area contributed by atoms with Crippen LogP contribution in [-0.2, 0) is 4.79 Å². The molecule has 0 aromatic heterocycles. The molecule has 0 unspecified atom stereocenters. The summed E-state index contributed by atoms with van der Waals surface area (Å²) in [5.74, 6) is 2.71. The standard InChI is InChI=1S/C14H12F3NO2/c1-18-8-2-3-10-4-6-11(7-5-10)12(19)9-13(20)14(15,16)17/h4-7,18H,8-9H2,1H3. The summed E-state index contributed by atoms with van der Waals surface area (Å²) in [5.41, 5.74) is 0.695. The Kier molecular flexibility index (Phi) is 5.47. The van der Waals surface area contributed by atoms with Crippen LogP contribution in [0.4, 0.5) is 13.2 Å². The molecule has 0 amide bonds. The smallest absolute Gasteiger partial charge is 0.309 e. The highest BCUT2D eigenvalue weighted by Crippen LogP contribution is 2.19. The molecule has 6 heteroatoms. The molecule has 0 saturated heterocycles. The van der Waals surface area contributed by atoms with E-state index in [1.807, 2.05) is 0 Å². The van der Waals surface area contributed by atoms with E-state index < -0.39 is 24.2 Å². The van der Waals surface area contributed by atoms with Crippen LogP contribution in [0.5, 0.6) is 0 Å². The van der Waals surface area contributed by atoms with Crippen molar-refractivity contribution in [3.63, 3.8) is 0 Å². The second kappa shape index (κ2) is 6.87. The van der Waals surface area contributed by atoms with Crippen molar-refractivity contribution in [2.75, 3.05) is 13.6 Å². The molecule has 0 atom stereocenters. The Bertz CT molecular complexity index is 551. The molecule has 0 spiro atoms. The van der Waals surface area contributed by atoms with Crippen LogP contribution < -0.4 is 5.32 Å². The summed E-state index contributed by atoms with van der Waals surface area (Å²) in [6, 6.07) is 5.76. The van der Waals surface area contributed by atoms with Gasteiger partial charge >= 0.3 is 6.18 Å². The van der Waals surface area contributed by atoms with Gasteiger partial charge in [-0.25, -0.2) is 0 Å². The summed E-state index contributed by atoms with van der Waals surface area (Å²) < 4.78 is 36.1. The molecule has 20 heavy (non-hydrogen) atoms. The monoisotopic (exact) mass is 283 g/mol. The molecular weight excluding hydrogens is 271 g/mol. The number of carbonyl (C=O) groups excluding carboxylic acids is 2. The molecular formula is C14H12F3NO2. The highest BCUT2D eigenvalue weighted by atomic mass is 19.4. The molecule has 1 aromatic rings. The van der Waals surface area contributed by atoms with Gasteiger partial charge in [0, 0.05) is 11.1 Å². The largest absolute Gasteiger partial charge is 0.450 e. The molecule has 0 saturated carbocycles. The summed E-state index contributed by atoms with van der Waals surface area (Å²) in [6.07, 6.45) is -6.15. The van der Waals surface area contributed by atoms with Gasteiger partial charge < -0.3 is 5.32 Å². The van der Waals surface area contributed by atoms with E-state index in [4.69, 9.17) is 0 Å². The average molecular weight is 283 g/mol. The normalized spacial score (nSPS) is 10.6. The minimum Gasteiger partial charge on any atom is -0.309 e. The third-order valence-corrected chi connectivity index (χ3v) is 2.34. The molecule has 0 fully saturated rings. The van der Waals surface area contributed by atoms with Crippen molar-refractivity contribution < 1.29 is 22.8 Å². The van der Waals surface area contributed by atoms with Gasteiger partial charge in [-0.15, -0.1) is 0 Å². The molecule has 0 radical (unpaired) electrons. The molecule has 106 valence electrons. The molecule has 0 aliphatic rings. The Hall–Kier alpha value is -2.13. The summed E-state index contributed by atoms with van der Waals surface area (Å²) in [4.78, 5) is 22.2. The lowest BCUT2D eigenvalue weighted by atomic mass is 10.0. The quantitative estimate of drug-likeness (QED) is 0.522. The highest BCUT2D eigenvalue weighted by Gasteiger charge is 2.39. The van der Waals surface area contributed by atoms with Gasteiger partial charge in [-0.05, 0) is 19.2 Å². The minimum atomic E-state index is -4.98. The zero-order valence-electron chi connectivity index (χ0n) is 10.7. The number of benzene rings is 1. The van der Waals surface area contributed by atoms with Gasteiger partial charge in [-0.3, -0.25) is 9.59 Å². The van der Waals surface area contributed by atoms with Gasteiger partial charge in [0.1, 0.15) is 0 Å². The van der Waals surface area contributed by atoms with Gasteiger partial charge in [0.2, 0.25) is 5.78 Å². The van der Waals surface area contributed by atoms with E-state index in [1.165, 1.54) is 24.3 Å². The highest BCUT2D eigenvalue weighted by molar-refractivity contribution is 6.09.